The Morgan fingerprint density at radius 2 is 1.91 bits per heavy atom. The van der Waals surface area contributed by atoms with E-state index in [9.17, 15) is 4.79 Å². The number of carbonyl (C=O) groups is 1. The quantitative estimate of drug-likeness (QED) is 0.842. The van der Waals surface area contributed by atoms with Gasteiger partial charge in [0.25, 0.3) is 0 Å². The molecule has 122 valence electrons. The van der Waals surface area contributed by atoms with Gasteiger partial charge in [-0.05, 0) is 65.9 Å². The number of nitrogens with one attached hydrogen (secondary N) is 1. The van der Waals surface area contributed by atoms with E-state index < -0.39 is 0 Å². The molecule has 1 aliphatic rings. The van der Waals surface area contributed by atoms with Crippen LogP contribution in [0.1, 0.15) is 36.0 Å². The second-order valence-corrected chi connectivity index (χ2v) is 6.94. The van der Waals surface area contributed by atoms with Crippen LogP contribution in [0.15, 0.2) is 41.1 Å². The Hall–Kier alpha value is -1.65. The van der Waals surface area contributed by atoms with Crippen LogP contribution in [0.25, 0.3) is 0 Å². The van der Waals surface area contributed by atoms with E-state index in [4.69, 9.17) is 0 Å². The first-order chi connectivity index (χ1) is 11.3. The molecular formula is C19H24N2OS. The molecule has 0 saturated carbocycles. The van der Waals surface area contributed by atoms with Crippen molar-refractivity contribution >= 4 is 17.2 Å². The zero-order valence-corrected chi connectivity index (χ0v) is 14.3. The highest BCUT2D eigenvalue weighted by Gasteiger charge is 2.13. The maximum absolute atomic E-state index is 12.0. The molecule has 3 nitrogen and oxygen atoms in total. The van der Waals surface area contributed by atoms with Gasteiger partial charge in [-0.2, -0.15) is 11.3 Å². The standard InChI is InChI=1S/C19H24N2OS/c22-19(8-7-16-9-12-23-15-16)20-13-17-5-1-2-6-18(17)14-21-10-3-4-11-21/h1-2,5-6,9,12,15H,3-4,7-8,10-11,13-14H2,(H,20,22). The zero-order chi connectivity index (χ0) is 15.9. The summed E-state index contributed by atoms with van der Waals surface area (Å²) in [6, 6.07) is 10.5. The van der Waals surface area contributed by atoms with Crippen LogP contribution in [0.4, 0.5) is 0 Å². The van der Waals surface area contributed by atoms with Gasteiger partial charge in [0, 0.05) is 19.5 Å². The smallest absolute Gasteiger partial charge is 0.220 e. The van der Waals surface area contributed by atoms with E-state index in [1.54, 1.807) is 11.3 Å². The van der Waals surface area contributed by atoms with E-state index in [0.717, 1.165) is 13.0 Å². The van der Waals surface area contributed by atoms with Crippen LogP contribution >= 0.6 is 11.3 Å². The second kappa shape index (κ2) is 8.27. The van der Waals surface area contributed by atoms with Crippen LogP contribution in [-0.4, -0.2) is 23.9 Å². The molecule has 2 aromatic rings. The van der Waals surface area contributed by atoms with Crippen LogP contribution in [0.2, 0.25) is 0 Å². The van der Waals surface area contributed by atoms with Gasteiger partial charge >= 0.3 is 0 Å². The monoisotopic (exact) mass is 328 g/mol. The van der Waals surface area contributed by atoms with Gasteiger partial charge in [0.15, 0.2) is 0 Å². The van der Waals surface area contributed by atoms with Crippen LogP contribution < -0.4 is 5.32 Å². The highest BCUT2D eigenvalue weighted by molar-refractivity contribution is 7.07. The lowest BCUT2D eigenvalue weighted by molar-refractivity contribution is -0.121. The van der Waals surface area contributed by atoms with Crippen molar-refractivity contribution in [3.8, 4) is 0 Å². The van der Waals surface area contributed by atoms with E-state index >= 15 is 0 Å². The molecule has 1 N–H and O–H groups in total. The molecule has 1 aromatic carbocycles. The third kappa shape index (κ3) is 4.91. The minimum atomic E-state index is 0.132. The predicted molar refractivity (Wildman–Crippen MR) is 95.4 cm³/mol. The number of benzene rings is 1. The van der Waals surface area contributed by atoms with Crippen molar-refractivity contribution in [2.45, 2.75) is 38.8 Å². The molecule has 1 aromatic heterocycles. The molecule has 3 rings (SSSR count). The van der Waals surface area contributed by atoms with Gasteiger partial charge in [0.1, 0.15) is 0 Å². The van der Waals surface area contributed by atoms with Crippen molar-refractivity contribution in [1.29, 1.82) is 0 Å². The number of rotatable bonds is 7. The fourth-order valence-corrected chi connectivity index (χ4v) is 3.74. The largest absolute Gasteiger partial charge is 0.352 e. The highest BCUT2D eigenvalue weighted by Crippen LogP contribution is 2.16. The minimum absolute atomic E-state index is 0.132. The minimum Gasteiger partial charge on any atom is -0.352 e. The number of hydrogen-bond acceptors (Lipinski definition) is 3. The Labute approximate surface area is 142 Å². The van der Waals surface area contributed by atoms with Crippen molar-refractivity contribution < 1.29 is 4.79 Å². The maximum atomic E-state index is 12.0. The van der Waals surface area contributed by atoms with Gasteiger partial charge in [-0.3, -0.25) is 9.69 Å². The predicted octanol–water partition coefficient (Wildman–Crippen LogP) is 3.59. The summed E-state index contributed by atoms with van der Waals surface area (Å²) in [4.78, 5) is 14.5. The third-order valence-electron chi connectivity index (χ3n) is 4.41. The zero-order valence-electron chi connectivity index (χ0n) is 13.5. The Bertz CT molecular complexity index is 618. The molecule has 1 fully saturated rings. The molecule has 1 saturated heterocycles. The fraction of sp³-hybridized carbons (Fsp3) is 0.421. The molecular weight excluding hydrogens is 304 g/mol. The lowest BCUT2D eigenvalue weighted by atomic mass is 10.1. The van der Waals surface area contributed by atoms with Crippen molar-refractivity contribution in [3.63, 3.8) is 0 Å². The van der Waals surface area contributed by atoms with E-state index in [0.29, 0.717) is 13.0 Å². The van der Waals surface area contributed by atoms with E-state index in [1.807, 2.05) is 0 Å². The van der Waals surface area contributed by atoms with Gasteiger partial charge in [0.2, 0.25) is 5.91 Å². The topological polar surface area (TPSA) is 32.3 Å². The molecule has 1 amide bonds. The first-order valence-electron chi connectivity index (χ1n) is 8.38. The highest BCUT2D eigenvalue weighted by atomic mass is 32.1. The van der Waals surface area contributed by atoms with Crippen molar-refractivity contribution in [3.05, 3.63) is 57.8 Å². The number of aryl methyl sites for hydroxylation is 1. The number of thiophene rings is 1. The molecule has 1 aliphatic heterocycles. The SMILES string of the molecule is O=C(CCc1ccsc1)NCc1ccccc1CN1CCCC1. The third-order valence-corrected chi connectivity index (χ3v) is 5.14. The van der Waals surface area contributed by atoms with Gasteiger partial charge < -0.3 is 5.32 Å². The molecule has 23 heavy (non-hydrogen) atoms. The average molecular weight is 328 g/mol. The lowest BCUT2D eigenvalue weighted by Gasteiger charge is -2.17. The van der Waals surface area contributed by atoms with E-state index in [2.05, 4.69) is 51.3 Å². The van der Waals surface area contributed by atoms with Crippen LogP contribution in [0.3, 0.4) is 0 Å². The second-order valence-electron chi connectivity index (χ2n) is 6.16. The van der Waals surface area contributed by atoms with Crippen molar-refractivity contribution in [1.82, 2.24) is 10.2 Å². The number of hydrogen-bond donors (Lipinski definition) is 1. The summed E-state index contributed by atoms with van der Waals surface area (Å²) in [5, 5.41) is 7.24. The Morgan fingerprint density at radius 1 is 1.13 bits per heavy atom. The Balaban J connectivity index is 1.50. The van der Waals surface area contributed by atoms with Gasteiger partial charge in [-0.15, -0.1) is 0 Å². The summed E-state index contributed by atoms with van der Waals surface area (Å²) < 4.78 is 0. The van der Waals surface area contributed by atoms with Crippen molar-refractivity contribution in [2.24, 2.45) is 0 Å². The van der Waals surface area contributed by atoms with Crippen molar-refractivity contribution in [2.75, 3.05) is 13.1 Å². The fourth-order valence-electron chi connectivity index (χ4n) is 3.04. The van der Waals surface area contributed by atoms with Crippen LogP contribution in [0.5, 0.6) is 0 Å². The summed E-state index contributed by atoms with van der Waals surface area (Å²) >= 11 is 1.68. The van der Waals surface area contributed by atoms with Gasteiger partial charge in [0.05, 0.1) is 0 Å². The molecule has 0 radical (unpaired) electrons. The normalized spacial score (nSPS) is 15.0. The van der Waals surface area contributed by atoms with E-state index in [1.165, 1.54) is 42.6 Å². The number of likely N-dealkylation sites (tertiary alicyclic amines) is 1. The summed E-state index contributed by atoms with van der Waals surface area (Å²) in [5.74, 6) is 0.132. The molecule has 0 bridgehead atoms. The number of nitrogens with zero attached hydrogens (tertiary/aromatic N) is 1. The first-order valence-corrected chi connectivity index (χ1v) is 9.32. The number of carbonyl (C=O) groups excluding carboxylic acids is 1. The summed E-state index contributed by atoms with van der Waals surface area (Å²) in [7, 11) is 0. The number of amides is 1. The van der Waals surface area contributed by atoms with Crippen LogP contribution in [0, 0.1) is 0 Å². The van der Waals surface area contributed by atoms with Gasteiger partial charge in [-0.25, -0.2) is 0 Å². The maximum Gasteiger partial charge on any atom is 0.220 e. The van der Waals surface area contributed by atoms with Crippen LogP contribution in [-0.2, 0) is 24.3 Å². The summed E-state index contributed by atoms with van der Waals surface area (Å²) in [6.45, 7) is 4.02. The Morgan fingerprint density at radius 3 is 2.65 bits per heavy atom. The van der Waals surface area contributed by atoms with E-state index in [-0.39, 0.29) is 5.91 Å². The molecule has 2 heterocycles. The van der Waals surface area contributed by atoms with Gasteiger partial charge in [-0.1, -0.05) is 24.3 Å². The molecule has 4 heteroatoms. The summed E-state index contributed by atoms with van der Waals surface area (Å²) in [5.41, 5.74) is 3.83. The first kappa shape index (κ1) is 16.2. The molecule has 0 unspecified atom stereocenters. The lowest BCUT2D eigenvalue weighted by Crippen LogP contribution is -2.25. The molecule has 0 atom stereocenters. The Kier molecular flexibility index (Phi) is 5.83. The molecule has 0 aliphatic carbocycles. The molecule has 0 spiro atoms. The average Bonchev–Trinajstić information content (AvgIpc) is 3.25. The summed E-state index contributed by atoms with van der Waals surface area (Å²) in [6.07, 6.45) is 4.00.